The van der Waals surface area contributed by atoms with Gasteiger partial charge in [0.15, 0.2) is 0 Å². The van der Waals surface area contributed by atoms with Crippen molar-refractivity contribution in [3.05, 3.63) is 12.4 Å². The molecule has 0 aromatic carbocycles. The maximum absolute atomic E-state index is 12.6. The van der Waals surface area contributed by atoms with E-state index in [1.165, 1.54) is 17.1 Å². The lowest BCUT2D eigenvalue weighted by molar-refractivity contribution is -0.267. The van der Waals surface area contributed by atoms with Crippen LogP contribution in [0.25, 0.3) is 0 Å². The number of carbonyl (C=O) groups excluding carboxylic acids is 1. The predicted octanol–water partition coefficient (Wildman–Crippen LogP) is 1.67. The smallest absolute Gasteiger partial charge is 0.383 e. The number of anilines is 1. The number of nitrogens with zero attached hydrogens (tertiary/aromatic N) is 2. The first-order valence-electron chi connectivity index (χ1n) is 4.96. The lowest BCUT2D eigenvalue weighted by Crippen LogP contribution is -2.47. The number of nitrogens with one attached hydrogen (secondary N) is 1. The average molecular weight is 287 g/mol. The van der Waals surface area contributed by atoms with Crippen LogP contribution in [0.15, 0.2) is 12.4 Å². The fraction of sp³-hybridized carbons (Fsp3) is 0.556. The van der Waals surface area contributed by atoms with Crippen molar-refractivity contribution < 1.29 is 31.5 Å². The highest BCUT2D eigenvalue weighted by molar-refractivity contribution is 5.96. The highest BCUT2D eigenvalue weighted by Gasteiger charge is 2.63. The second kappa shape index (κ2) is 5.51. The van der Waals surface area contributed by atoms with Crippen LogP contribution in [0.1, 0.15) is 0 Å². The van der Waals surface area contributed by atoms with Crippen molar-refractivity contribution in [3.8, 4) is 0 Å². The SMILES string of the molecule is COCCn1cc(NC(=O)C(F)(F)C(F)(F)F)cn1. The number of aromatic nitrogens is 2. The molecule has 0 unspecified atom stereocenters. The number of carbonyl (C=O) groups is 1. The Morgan fingerprint density at radius 3 is 2.58 bits per heavy atom. The number of ether oxygens (including phenoxy) is 1. The van der Waals surface area contributed by atoms with Crippen LogP contribution >= 0.6 is 0 Å². The molecule has 1 rings (SSSR count). The molecule has 0 spiro atoms. The zero-order valence-electron chi connectivity index (χ0n) is 9.67. The molecule has 0 aliphatic rings. The van der Waals surface area contributed by atoms with E-state index in [9.17, 15) is 26.7 Å². The molecule has 0 bridgehead atoms. The van der Waals surface area contributed by atoms with Crippen LogP contribution in [0.5, 0.6) is 0 Å². The van der Waals surface area contributed by atoms with E-state index in [2.05, 4.69) is 5.10 Å². The third kappa shape index (κ3) is 3.63. The van der Waals surface area contributed by atoms with Gasteiger partial charge in [-0.2, -0.15) is 27.1 Å². The van der Waals surface area contributed by atoms with Crippen molar-refractivity contribution in [2.45, 2.75) is 18.6 Å². The minimum absolute atomic E-state index is 0.259. The summed E-state index contributed by atoms with van der Waals surface area (Å²) < 4.78 is 66.9. The van der Waals surface area contributed by atoms with Gasteiger partial charge >= 0.3 is 18.0 Å². The third-order valence-electron chi connectivity index (χ3n) is 2.06. The van der Waals surface area contributed by atoms with Crippen molar-refractivity contribution in [1.29, 1.82) is 0 Å². The molecule has 1 amide bonds. The molecule has 108 valence electrons. The molecule has 0 aliphatic heterocycles. The van der Waals surface area contributed by atoms with Crippen molar-refractivity contribution >= 4 is 11.6 Å². The zero-order valence-corrected chi connectivity index (χ0v) is 9.67. The predicted molar refractivity (Wildman–Crippen MR) is 53.7 cm³/mol. The lowest BCUT2D eigenvalue weighted by Gasteiger charge is -2.17. The number of amides is 1. The first-order valence-corrected chi connectivity index (χ1v) is 4.96. The number of hydrogen-bond acceptors (Lipinski definition) is 3. The minimum Gasteiger partial charge on any atom is -0.383 e. The van der Waals surface area contributed by atoms with Crippen LogP contribution in [0.3, 0.4) is 0 Å². The summed E-state index contributed by atoms with van der Waals surface area (Å²) in [6, 6.07) is 0. The Balaban J connectivity index is 2.69. The summed E-state index contributed by atoms with van der Waals surface area (Å²) in [6.07, 6.45) is -3.87. The summed E-state index contributed by atoms with van der Waals surface area (Å²) in [5, 5.41) is 5.10. The van der Waals surface area contributed by atoms with Gasteiger partial charge in [-0.15, -0.1) is 0 Å². The lowest BCUT2D eigenvalue weighted by atomic mass is 10.3. The molecule has 1 aromatic heterocycles. The quantitative estimate of drug-likeness (QED) is 0.838. The van der Waals surface area contributed by atoms with E-state index >= 15 is 0 Å². The normalized spacial score (nSPS) is 12.5. The summed E-state index contributed by atoms with van der Waals surface area (Å²) in [5.74, 6) is -7.91. The van der Waals surface area contributed by atoms with Crippen LogP contribution in [0.2, 0.25) is 0 Å². The largest absolute Gasteiger partial charge is 0.463 e. The molecule has 5 nitrogen and oxygen atoms in total. The Labute approximate surface area is 104 Å². The number of methoxy groups -OCH3 is 1. The molecular formula is C9H10F5N3O2. The van der Waals surface area contributed by atoms with E-state index < -0.39 is 18.0 Å². The summed E-state index contributed by atoms with van der Waals surface area (Å²) in [7, 11) is 1.43. The number of rotatable bonds is 5. The van der Waals surface area contributed by atoms with E-state index in [1.54, 1.807) is 0 Å². The number of hydrogen-bond donors (Lipinski definition) is 1. The van der Waals surface area contributed by atoms with Crippen molar-refractivity contribution in [1.82, 2.24) is 9.78 Å². The standard InChI is InChI=1S/C9H10F5N3O2/c1-19-3-2-17-5-6(4-15-17)16-7(18)8(10,11)9(12,13)14/h4-5H,2-3H2,1H3,(H,16,18). The first kappa shape index (κ1) is 15.3. The molecule has 1 N–H and O–H groups in total. The van der Waals surface area contributed by atoms with Crippen molar-refractivity contribution in [2.75, 3.05) is 19.0 Å². The summed E-state index contributed by atoms with van der Waals surface area (Å²) in [5.41, 5.74) is -0.259. The average Bonchev–Trinajstić information content (AvgIpc) is 2.72. The van der Waals surface area contributed by atoms with Crippen LogP contribution < -0.4 is 5.32 Å². The molecule has 0 saturated carbocycles. The Morgan fingerprint density at radius 1 is 1.42 bits per heavy atom. The van der Waals surface area contributed by atoms with Crippen LogP contribution in [0.4, 0.5) is 27.6 Å². The van der Waals surface area contributed by atoms with Crippen LogP contribution in [-0.2, 0) is 16.1 Å². The highest BCUT2D eigenvalue weighted by Crippen LogP contribution is 2.36. The van der Waals surface area contributed by atoms with Gasteiger partial charge in [0, 0.05) is 13.3 Å². The Kier molecular flexibility index (Phi) is 4.45. The van der Waals surface area contributed by atoms with Crippen LogP contribution in [0, 0.1) is 0 Å². The van der Waals surface area contributed by atoms with E-state index in [0.717, 1.165) is 12.4 Å². The van der Waals surface area contributed by atoms with Gasteiger partial charge in [-0.25, -0.2) is 0 Å². The van der Waals surface area contributed by atoms with E-state index in [4.69, 9.17) is 4.74 Å². The molecule has 0 aliphatic carbocycles. The van der Waals surface area contributed by atoms with Gasteiger partial charge < -0.3 is 10.1 Å². The monoisotopic (exact) mass is 287 g/mol. The Hall–Kier alpha value is -1.71. The summed E-state index contributed by atoms with van der Waals surface area (Å²) >= 11 is 0. The van der Waals surface area contributed by atoms with Gasteiger partial charge in [-0.05, 0) is 0 Å². The molecular weight excluding hydrogens is 277 g/mol. The highest BCUT2D eigenvalue weighted by atomic mass is 19.4. The zero-order chi connectivity index (χ0) is 14.7. The van der Waals surface area contributed by atoms with Gasteiger partial charge in [0.1, 0.15) is 0 Å². The molecule has 19 heavy (non-hydrogen) atoms. The molecule has 0 atom stereocenters. The van der Waals surface area contributed by atoms with E-state index in [-0.39, 0.29) is 18.8 Å². The molecule has 1 heterocycles. The second-order valence-electron chi connectivity index (χ2n) is 3.51. The van der Waals surface area contributed by atoms with Gasteiger partial charge in [-0.3, -0.25) is 9.48 Å². The molecule has 0 radical (unpaired) electrons. The topological polar surface area (TPSA) is 56.1 Å². The number of alkyl halides is 5. The summed E-state index contributed by atoms with van der Waals surface area (Å²) in [6.45, 7) is 0.538. The Bertz CT molecular complexity index is 443. The van der Waals surface area contributed by atoms with Gasteiger partial charge in [0.25, 0.3) is 0 Å². The first-order chi connectivity index (χ1) is 8.68. The molecule has 10 heteroatoms. The molecule has 0 fully saturated rings. The molecule has 0 saturated heterocycles. The maximum atomic E-state index is 12.6. The van der Waals surface area contributed by atoms with Crippen molar-refractivity contribution in [3.63, 3.8) is 0 Å². The van der Waals surface area contributed by atoms with Gasteiger partial charge in [-0.1, -0.05) is 0 Å². The summed E-state index contributed by atoms with van der Waals surface area (Å²) in [4.78, 5) is 10.9. The maximum Gasteiger partial charge on any atom is 0.463 e. The van der Waals surface area contributed by atoms with Crippen molar-refractivity contribution in [2.24, 2.45) is 0 Å². The van der Waals surface area contributed by atoms with Gasteiger partial charge in [0.2, 0.25) is 0 Å². The van der Waals surface area contributed by atoms with Crippen LogP contribution in [-0.4, -0.2) is 41.5 Å². The second-order valence-corrected chi connectivity index (χ2v) is 3.51. The van der Waals surface area contributed by atoms with E-state index in [1.807, 2.05) is 0 Å². The minimum atomic E-state index is -5.94. The van der Waals surface area contributed by atoms with E-state index in [0.29, 0.717) is 0 Å². The fourth-order valence-corrected chi connectivity index (χ4v) is 1.07. The molecule has 1 aromatic rings. The number of halogens is 5. The Morgan fingerprint density at radius 2 is 2.05 bits per heavy atom. The third-order valence-corrected chi connectivity index (χ3v) is 2.06. The fourth-order valence-electron chi connectivity index (χ4n) is 1.07. The van der Waals surface area contributed by atoms with Gasteiger partial charge in [0.05, 0.1) is 25.0 Å².